The van der Waals surface area contributed by atoms with Crippen molar-refractivity contribution in [1.29, 1.82) is 0 Å². The van der Waals surface area contributed by atoms with Crippen LogP contribution in [0.4, 0.5) is 0 Å². The summed E-state index contributed by atoms with van der Waals surface area (Å²) in [5.74, 6) is -3.14. The average molecular weight is 383 g/mol. The van der Waals surface area contributed by atoms with Gasteiger partial charge in [0.15, 0.2) is 0 Å². The molecule has 0 bridgehead atoms. The van der Waals surface area contributed by atoms with Crippen LogP contribution in [0.1, 0.15) is 41.6 Å². The van der Waals surface area contributed by atoms with E-state index in [4.69, 9.17) is 0 Å². The molecule has 0 saturated heterocycles. The van der Waals surface area contributed by atoms with Crippen molar-refractivity contribution in [3.63, 3.8) is 0 Å². The second-order valence-electron chi connectivity index (χ2n) is 5.74. The van der Waals surface area contributed by atoms with Crippen LogP contribution in [0.5, 0.6) is 0 Å². The van der Waals surface area contributed by atoms with E-state index in [1.807, 2.05) is 6.92 Å². The lowest BCUT2D eigenvalue weighted by molar-refractivity contribution is -0.149. The van der Waals surface area contributed by atoms with E-state index in [9.17, 15) is 19.5 Å². The first-order chi connectivity index (χ1) is 10.9. The summed E-state index contributed by atoms with van der Waals surface area (Å²) in [7, 11) is 0. The van der Waals surface area contributed by atoms with Gasteiger partial charge in [0, 0.05) is 10.0 Å². The summed E-state index contributed by atoms with van der Waals surface area (Å²) < 4.78 is 0.801. The zero-order valence-corrected chi connectivity index (χ0v) is 14.4. The molecule has 2 atom stereocenters. The lowest BCUT2D eigenvalue weighted by Crippen LogP contribution is -2.47. The van der Waals surface area contributed by atoms with Gasteiger partial charge in [0.05, 0.1) is 11.8 Å². The Hall–Kier alpha value is -1.89. The topological polar surface area (TPSA) is 95.5 Å². The van der Waals surface area contributed by atoms with E-state index in [2.05, 4.69) is 26.8 Å². The molecule has 1 aromatic carbocycles. The highest BCUT2D eigenvalue weighted by Gasteiger charge is 2.35. The van der Waals surface area contributed by atoms with Crippen molar-refractivity contribution in [3.8, 4) is 0 Å². The fourth-order valence-electron chi connectivity index (χ4n) is 2.76. The smallest absolute Gasteiger partial charge is 0.307 e. The number of carbonyl (C=O) groups excluding carboxylic acids is 2. The Morgan fingerprint density at radius 1 is 1.13 bits per heavy atom. The average Bonchev–Trinajstić information content (AvgIpc) is 2.54. The molecule has 1 fully saturated rings. The van der Waals surface area contributed by atoms with Gasteiger partial charge in [0.25, 0.3) is 5.91 Å². The van der Waals surface area contributed by atoms with Gasteiger partial charge in [0.2, 0.25) is 5.91 Å². The number of aryl methyl sites for hydroxylation is 1. The first kappa shape index (κ1) is 17.5. The number of hydrazine groups is 1. The minimum Gasteiger partial charge on any atom is -0.481 e. The highest BCUT2D eigenvalue weighted by atomic mass is 79.9. The van der Waals surface area contributed by atoms with E-state index in [-0.39, 0.29) is 0 Å². The number of hydrogen-bond acceptors (Lipinski definition) is 3. The highest BCUT2D eigenvalue weighted by Crippen LogP contribution is 2.30. The molecule has 7 heteroatoms. The number of aliphatic carboxylic acids is 1. The van der Waals surface area contributed by atoms with Crippen LogP contribution >= 0.6 is 15.9 Å². The van der Waals surface area contributed by atoms with Crippen molar-refractivity contribution >= 4 is 33.7 Å². The Morgan fingerprint density at radius 2 is 1.78 bits per heavy atom. The molecular weight excluding hydrogens is 364 g/mol. The predicted molar refractivity (Wildman–Crippen MR) is 87.6 cm³/mol. The van der Waals surface area contributed by atoms with E-state index in [1.54, 1.807) is 18.2 Å². The first-order valence-corrected chi connectivity index (χ1v) is 8.28. The number of carboxylic acids is 1. The van der Waals surface area contributed by atoms with Crippen molar-refractivity contribution in [2.24, 2.45) is 11.8 Å². The summed E-state index contributed by atoms with van der Waals surface area (Å²) >= 11 is 3.35. The Morgan fingerprint density at radius 3 is 2.39 bits per heavy atom. The lowest BCUT2D eigenvalue weighted by Gasteiger charge is -2.27. The fraction of sp³-hybridized carbons (Fsp3) is 0.438. The standard InChI is InChI=1S/C16H19BrN2O4/c1-9-6-7-10(8-13(9)17)14(20)18-19-15(21)11-4-2-3-5-12(11)16(22)23/h6-8,11-12H,2-5H2,1H3,(H,18,20)(H,19,21)(H,22,23)/t11-,12-/m1/s1. The number of halogens is 1. The maximum Gasteiger partial charge on any atom is 0.307 e. The number of amides is 2. The summed E-state index contributed by atoms with van der Waals surface area (Å²) in [5.41, 5.74) is 6.10. The number of hydrogen-bond donors (Lipinski definition) is 3. The van der Waals surface area contributed by atoms with Gasteiger partial charge < -0.3 is 5.11 Å². The van der Waals surface area contributed by atoms with E-state index in [1.165, 1.54) is 0 Å². The molecule has 0 radical (unpaired) electrons. The largest absolute Gasteiger partial charge is 0.481 e. The van der Waals surface area contributed by atoms with Gasteiger partial charge in [-0.2, -0.15) is 0 Å². The maximum absolute atomic E-state index is 12.2. The van der Waals surface area contributed by atoms with Gasteiger partial charge in [-0.25, -0.2) is 0 Å². The van der Waals surface area contributed by atoms with Crippen LogP contribution in [0.25, 0.3) is 0 Å². The van der Waals surface area contributed by atoms with Crippen LogP contribution in [-0.4, -0.2) is 22.9 Å². The van der Waals surface area contributed by atoms with Gasteiger partial charge >= 0.3 is 5.97 Å². The maximum atomic E-state index is 12.2. The van der Waals surface area contributed by atoms with E-state index in [0.29, 0.717) is 18.4 Å². The quantitative estimate of drug-likeness (QED) is 0.699. The van der Waals surface area contributed by atoms with Crippen LogP contribution in [0.15, 0.2) is 22.7 Å². The van der Waals surface area contributed by atoms with Gasteiger partial charge in [-0.05, 0) is 37.5 Å². The third-order valence-corrected chi connectivity index (χ3v) is 5.01. The molecule has 1 aliphatic rings. The third-order valence-electron chi connectivity index (χ3n) is 4.15. The van der Waals surface area contributed by atoms with Crippen LogP contribution in [0, 0.1) is 18.8 Å². The van der Waals surface area contributed by atoms with Gasteiger partial charge in [-0.3, -0.25) is 25.2 Å². The molecule has 1 aromatic rings. The molecule has 0 aromatic heterocycles. The summed E-state index contributed by atoms with van der Waals surface area (Å²) in [6.07, 6.45) is 2.65. The Labute approximate surface area is 142 Å². The summed E-state index contributed by atoms with van der Waals surface area (Å²) in [6.45, 7) is 1.91. The van der Waals surface area contributed by atoms with Crippen molar-refractivity contribution in [2.45, 2.75) is 32.6 Å². The molecule has 0 unspecified atom stereocenters. The molecule has 1 aliphatic carbocycles. The lowest BCUT2D eigenvalue weighted by atomic mass is 9.79. The van der Waals surface area contributed by atoms with Gasteiger partial charge in [-0.1, -0.05) is 34.8 Å². The van der Waals surface area contributed by atoms with Crippen LogP contribution in [0.3, 0.4) is 0 Å². The van der Waals surface area contributed by atoms with E-state index >= 15 is 0 Å². The van der Waals surface area contributed by atoms with Crippen LogP contribution in [-0.2, 0) is 9.59 Å². The third kappa shape index (κ3) is 4.31. The minimum atomic E-state index is -0.960. The summed E-state index contributed by atoms with van der Waals surface area (Å²) in [5, 5.41) is 9.20. The first-order valence-electron chi connectivity index (χ1n) is 7.49. The molecule has 23 heavy (non-hydrogen) atoms. The van der Waals surface area contributed by atoms with Crippen molar-refractivity contribution in [2.75, 3.05) is 0 Å². The Bertz CT molecular complexity index is 633. The second kappa shape index (κ2) is 7.59. The van der Waals surface area contributed by atoms with Crippen molar-refractivity contribution in [1.82, 2.24) is 10.9 Å². The highest BCUT2D eigenvalue weighted by molar-refractivity contribution is 9.10. The minimum absolute atomic E-state index is 0.404. The van der Waals surface area contributed by atoms with Crippen LogP contribution < -0.4 is 10.9 Å². The Kier molecular flexibility index (Phi) is 5.76. The molecule has 6 nitrogen and oxygen atoms in total. The van der Waals surface area contributed by atoms with Gasteiger partial charge in [-0.15, -0.1) is 0 Å². The summed E-state index contributed by atoms with van der Waals surface area (Å²) in [6, 6.07) is 5.11. The van der Waals surface area contributed by atoms with E-state index in [0.717, 1.165) is 22.9 Å². The van der Waals surface area contributed by atoms with E-state index < -0.39 is 29.6 Å². The molecule has 124 valence electrons. The molecular formula is C16H19BrN2O4. The number of carbonyl (C=O) groups is 3. The molecule has 1 saturated carbocycles. The zero-order chi connectivity index (χ0) is 17.0. The molecule has 0 heterocycles. The SMILES string of the molecule is Cc1ccc(C(=O)NNC(=O)[C@@H]2CCCC[C@H]2C(=O)O)cc1Br. The van der Waals surface area contributed by atoms with Crippen molar-refractivity contribution in [3.05, 3.63) is 33.8 Å². The predicted octanol–water partition coefficient (Wildman–Crippen LogP) is 2.41. The summed E-state index contributed by atoms with van der Waals surface area (Å²) in [4.78, 5) is 35.4. The zero-order valence-electron chi connectivity index (χ0n) is 12.8. The number of rotatable bonds is 3. The number of nitrogens with one attached hydrogen (secondary N) is 2. The van der Waals surface area contributed by atoms with Crippen molar-refractivity contribution < 1.29 is 19.5 Å². The fourth-order valence-corrected chi connectivity index (χ4v) is 3.14. The monoisotopic (exact) mass is 382 g/mol. The Balaban J connectivity index is 1.96. The molecule has 3 N–H and O–H groups in total. The normalized spacial score (nSPS) is 20.6. The molecule has 0 spiro atoms. The molecule has 0 aliphatic heterocycles. The second-order valence-corrected chi connectivity index (χ2v) is 6.60. The van der Waals surface area contributed by atoms with Crippen LogP contribution in [0.2, 0.25) is 0 Å². The number of carboxylic acid groups (broad SMARTS) is 1. The number of benzene rings is 1. The van der Waals surface area contributed by atoms with Gasteiger partial charge in [0.1, 0.15) is 0 Å². The molecule has 2 rings (SSSR count). The molecule has 2 amide bonds.